The molecule has 0 spiro atoms. The molecule has 2 aromatic rings. The molecule has 1 aliphatic heterocycles. The summed E-state index contributed by atoms with van der Waals surface area (Å²) in [6.45, 7) is 5.81. The van der Waals surface area contributed by atoms with E-state index in [2.05, 4.69) is 55.1 Å². The van der Waals surface area contributed by atoms with Gasteiger partial charge in [-0.25, -0.2) is 0 Å². The number of rotatable bonds is 2. The fourth-order valence-electron chi connectivity index (χ4n) is 3.42. The van der Waals surface area contributed by atoms with Gasteiger partial charge in [0.1, 0.15) is 4.99 Å². The average molecular weight is 298 g/mol. The van der Waals surface area contributed by atoms with Crippen LogP contribution in [0.4, 0.5) is 5.69 Å². The van der Waals surface area contributed by atoms with Crippen molar-refractivity contribution in [3.8, 4) is 0 Å². The molecule has 1 fully saturated rings. The predicted octanol–water partition coefficient (Wildman–Crippen LogP) is 4.10. The Kier molecular flexibility index (Phi) is 3.85. The van der Waals surface area contributed by atoms with Crippen LogP contribution < -0.4 is 10.6 Å². The third-order valence-corrected chi connectivity index (χ3v) is 5.07. The third-order valence-electron chi connectivity index (χ3n) is 4.85. The fourth-order valence-corrected chi connectivity index (χ4v) is 3.60. The Morgan fingerprint density at radius 2 is 1.86 bits per heavy atom. The lowest BCUT2D eigenvalue weighted by Crippen LogP contribution is -2.42. The molecule has 0 aliphatic carbocycles. The number of nitrogens with zero attached hydrogens (tertiary/aromatic N) is 1. The van der Waals surface area contributed by atoms with Gasteiger partial charge >= 0.3 is 0 Å². The molecule has 0 saturated carbocycles. The molecule has 0 aromatic heterocycles. The Hall–Kier alpha value is -1.61. The zero-order valence-corrected chi connectivity index (χ0v) is 13.5. The molecule has 21 heavy (non-hydrogen) atoms. The fraction of sp³-hybridized carbons (Fsp3) is 0.389. The third kappa shape index (κ3) is 2.51. The number of hydrogen-bond donors (Lipinski definition) is 1. The van der Waals surface area contributed by atoms with Crippen LogP contribution in [0.15, 0.2) is 36.4 Å². The van der Waals surface area contributed by atoms with Gasteiger partial charge in [-0.2, -0.15) is 0 Å². The largest absolute Gasteiger partial charge is 0.389 e. The maximum Gasteiger partial charge on any atom is 0.104 e. The minimum atomic E-state index is 0.470. The van der Waals surface area contributed by atoms with Crippen molar-refractivity contribution in [2.24, 2.45) is 11.7 Å². The zero-order valence-electron chi connectivity index (χ0n) is 12.7. The number of nitrogens with two attached hydrogens (primary N) is 1. The minimum Gasteiger partial charge on any atom is -0.389 e. The molecule has 0 bridgehead atoms. The second-order valence-corrected chi connectivity index (χ2v) is 6.54. The molecule has 1 heterocycles. The lowest BCUT2D eigenvalue weighted by atomic mass is 9.90. The number of hydrogen-bond acceptors (Lipinski definition) is 2. The van der Waals surface area contributed by atoms with Gasteiger partial charge in [0.15, 0.2) is 0 Å². The minimum absolute atomic E-state index is 0.470. The lowest BCUT2D eigenvalue weighted by Gasteiger charge is -2.40. The summed E-state index contributed by atoms with van der Waals surface area (Å²) in [4.78, 5) is 3.01. The van der Waals surface area contributed by atoms with Crippen LogP contribution in [-0.4, -0.2) is 17.6 Å². The van der Waals surface area contributed by atoms with Crippen LogP contribution in [-0.2, 0) is 0 Å². The summed E-state index contributed by atoms with van der Waals surface area (Å²) >= 11 is 5.20. The summed E-state index contributed by atoms with van der Waals surface area (Å²) in [5.74, 6) is 0.729. The molecule has 2 nitrogen and oxygen atoms in total. The first-order valence-electron chi connectivity index (χ1n) is 7.68. The highest BCUT2D eigenvalue weighted by Gasteiger charge is 2.26. The summed E-state index contributed by atoms with van der Waals surface area (Å²) in [5, 5.41) is 2.41. The van der Waals surface area contributed by atoms with Gasteiger partial charge in [-0.05, 0) is 43.2 Å². The van der Waals surface area contributed by atoms with Crippen molar-refractivity contribution < 1.29 is 0 Å². The Morgan fingerprint density at radius 1 is 1.14 bits per heavy atom. The monoisotopic (exact) mass is 298 g/mol. The van der Waals surface area contributed by atoms with Gasteiger partial charge in [0.2, 0.25) is 0 Å². The first-order valence-corrected chi connectivity index (χ1v) is 8.08. The Labute approximate surface area is 131 Å². The topological polar surface area (TPSA) is 29.3 Å². The molecular formula is C18H22N2S. The molecule has 110 valence electrons. The van der Waals surface area contributed by atoms with Crippen molar-refractivity contribution >= 4 is 33.7 Å². The average Bonchev–Trinajstić information content (AvgIpc) is 2.49. The second kappa shape index (κ2) is 5.64. The molecule has 0 radical (unpaired) electrons. The highest BCUT2D eigenvalue weighted by atomic mass is 32.1. The van der Waals surface area contributed by atoms with Crippen LogP contribution in [0.25, 0.3) is 10.8 Å². The first-order chi connectivity index (χ1) is 10.1. The summed E-state index contributed by atoms with van der Waals surface area (Å²) < 4.78 is 0. The second-order valence-electron chi connectivity index (χ2n) is 6.10. The maximum absolute atomic E-state index is 5.88. The van der Waals surface area contributed by atoms with Gasteiger partial charge in [-0.1, -0.05) is 43.4 Å². The van der Waals surface area contributed by atoms with E-state index in [1.807, 2.05) is 0 Å². The highest BCUT2D eigenvalue weighted by molar-refractivity contribution is 7.80. The van der Waals surface area contributed by atoms with Crippen molar-refractivity contribution in [2.75, 3.05) is 11.4 Å². The van der Waals surface area contributed by atoms with Crippen molar-refractivity contribution in [1.82, 2.24) is 0 Å². The lowest BCUT2D eigenvalue weighted by molar-refractivity contribution is 0.364. The maximum atomic E-state index is 5.88. The summed E-state index contributed by atoms with van der Waals surface area (Å²) in [6.07, 6.45) is 2.58. The molecule has 2 aromatic carbocycles. The number of fused-ring (bicyclic) bond motifs is 1. The van der Waals surface area contributed by atoms with Crippen molar-refractivity contribution in [1.29, 1.82) is 0 Å². The SMILES string of the molecule is CC1CCCN(c2ccc(C(N)=S)c3ccccc23)C1C. The zero-order chi connectivity index (χ0) is 15.0. The Morgan fingerprint density at radius 3 is 2.57 bits per heavy atom. The van der Waals surface area contributed by atoms with Gasteiger partial charge in [-0.15, -0.1) is 0 Å². The normalized spacial score (nSPS) is 22.5. The van der Waals surface area contributed by atoms with Crippen molar-refractivity contribution in [3.05, 3.63) is 42.0 Å². The van der Waals surface area contributed by atoms with E-state index in [0.29, 0.717) is 11.0 Å². The predicted molar refractivity (Wildman–Crippen MR) is 95.0 cm³/mol. The van der Waals surface area contributed by atoms with E-state index in [9.17, 15) is 0 Å². The van der Waals surface area contributed by atoms with Crippen molar-refractivity contribution in [3.63, 3.8) is 0 Å². The van der Waals surface area contributed by atoms with E-state index in [-0.39, 0.29) is 0 Å². The van der Waals surface area contributed by atoms with Gasteiger partial charge in [-0.3, -0.25) is 0 Å². The first kappa shape index (κ1) is 14.3. The summed E-state index contributed by atoms with van der Waals surface area (Å²) in [6, 6.07) is 13.3. The van der Waals surface area contributed by atoms with E-state index < -0.39 is 0 Å². The van der Waals surface area contributed by atoms with Crippen LogP contribution in [0.2, 0.25) is 0 Å². The van der Waals surface area contributed by atoms with E-state index in [1.54, 1.807) is 0 Å². The van der Waals surface area contributed by atoms with E-state index >= 15 is 0 Å². The molecule has 0 amide bonds. The quantitative estimate of drug-likeness (QED) is 0.846. The molecule has 3 rings (SSSR count). The smallest absolute Gasteiger partial charge is 0.104 e. The summed E-state index contributed by atoms with van der Waals surface area (Å²) in [7, 11) is 0. The van der Waals surface area contributed by atoms with Gasteiger partial charge in [0, 0.05) is 29.2 Å². The molecular weight excluding hydrogens is 276 g/mol. The number of anilines is 1. The Balaban J connectivity index is 2.16. The van der Waals surface area contributed by atoms with Gasteiger partial charge in [0.05, 0.1) is 0 Å². The molecule has 3 heteroatoms. The van der Waals surface area contributed by atoms with Crippen LogP contribution in [0.5, 0.6) is 0 Å². The van der Waals surface area contributed by atoms with E-state index in [0.717, 1.165) is 23.4 Å². The van der Waals surface area contributed by atoms with E-state index in [4.69, 9.17) is 18.0 Å². The Bertz CT molecular complexity index is 680. The van der Waals surface area contributed by atoms with Gasteiger partial charge in [0.25, 0.3) is 0 Å². The van der Waals surface area contributed by atoms with Crippen molar-refractivity contribution in [2.45, 2.75) is 32.7 Å². The summed E-state index contributed by atoms with van der Waals surface area (Å²) in [5.41, 5.74) is 8.16. The number of thiocarbonyl (C=S) groups is 1. The molecule has 1 aliphatic rings. The van der Waals surface area contributed by atoms with Crippen LogP contribution in [0.3, 0.4) is 0 Å². The highest BCUT2D eigenvalue weighted by Crippen LogP contribution is 2.34. The standard InChI is InChI=1S/C18H22N2S/c1-12-6-5-11-20(13(12)2)17-10-9-16(18(19)21)14-7-3-4-8-15(14)17/h3-4,7-10,12-13H,5-6,11H2,1-2H3,(H2,19,21). The van der Waals surface area contributed by atoms with Gasteiger partial charge < -0.3 is 10.6 Å². The molecule has 2 atom stereocenters. The van der Waals surface area contributed by atoms with Crippen LogP contribution in [0, 0.1) is 5.92 Å². The number of piperidine rings is 1. The molecule has 2 N–H and O–H groups in total. The molecule has 2 unspecified atom stereocenters. The van der Waals surface area contributed by atoms with E-state index in [1.165, 1.54) is 23.9 Å². The molecule has 1 saturated heterocycles. The van der Waals surface area contributed by atoms with Crippen LogP contribution in [0.1, 0.15) is 32.3 Å². The number of benzene rings is 2. The van der Waals surface area contributed by atoms with Crippen LogP contribution >= 0.6 is 12.2 Å².